The van der Waals surface area contributed by atoms with E-state index in [1.165, 1.54) is 43.0 Å². The highest BCUT2D eigenvalue weighted by Gasteiger charge is 2.23. The fourth-order valence-electron chi connectivity index (χ4n) is 4.54. The highest BCUT2D eigenvalue weighted by Crippen LogP contribution is 2.31. The Morgan fingerprint density at radius 2 is 2.00 bits per heavy atom. The lowest BCUT2D eigenvalue weighted by Crippen LogP contribution is -2.38. The summed E-state index contributed by atoms with van der Waals surface area (Å²) in [5, 5.41) is 2.52. The average molecular weight is 413 g/mol. The lowest BCUT2D eigenvalue weighted by Gasteiger charge is -2.24. The molecule has 0 amide bonds. The van der Waals surface area contributed by atoms with Crippen LogP contribution in [0.4, 0.5) is 5.82 Å². The van der Waals surface area contributed by atoms with Crippen molar-refractivity contribution >= 4 is 46.4 Å². The molecule has 2 aromatic heterocycles. The van der Waals surface area contributed by atoms with Crippen molar-refractivity contribution in [3.8, 4) is 0 Å². The highest BCUT2D eigenvalue weighted by molar-refractivity contribution is 6.34. The maximum Gasteiger partial charge on any atom is 0.137 e. The number of rotatable bonds is 1. The molecule has 0 radical (unpaired) electrons. The molecule has 3 heterocycles. The summed E-state index contributed by atoms with van der Waals surface area (Å²) in [6.07, 6.45) is 18.8. The minimum absolute atomic E-state index is 0.283. The quantitative estimate of drug-likeness (QED) is 0.689. The van der Waals surface area contributed by atoms with Gasteiger partial charge in [-0.1, -0.05) is 36.9 Å². The van der Waals surface area contributed by atoms with E-state index in [1.807, 2.05) is 37.0 Å². The van der Waals surface area contributed by atoms with Gasteiger partial charge in [-0.25, -0.2) is 9.98 Å². The zero-order chi connectivity index (χ0) is 19.1. The first-order valence-electron chi connectivity index (χ1n) is 9.92. The first kappa shape index (κ1) is 18.0. The highest BCUT2D eigenvalue weighted by atomic mass is 35.5. The van der Waals surface area contributed by atoms with Crippen LogP contribution in [0.25, 0.3) is 11.1 Å². The number of nitrogens with zero attached hydrogens (tertiary/aromatic N) is 3. The number of aliphatic imine (C=N–C) groups is 1. The number of alkyl halides is 1. The molecule has 1 saturated carbocycles. The van der Waals surface area contributed by atoms with Gasteiger partial charge in [0.05, 0.1) is 22.4 Å². The lowest BCUT2D eigenvalue weighted by atomic mass is 9.94. The maximum absolute atomic E-state index is 6.66. The summed E-state index contributed by atoms with van der Waals surface area (Å²) in [5.41, 5.74) is 3.42. The number of allylic oxidation sites excluding steroid dienone is 4. The van der Waals surface area contributed by atoms with Gasteiger partial charge in [-0.3, -0.25) is 0 Å². The molecule has 1 unspecified atom stereocenters. The van der Waals surface area contributed by atoms with Crippen molar-refractivity contribution in [2.75, 3.05) is 0 Å². The van der Waals surface area contributed by atoms with Crippen LogP contribution < -0.4 is 10.7 Å². The van der Waals surface area contributed by atoms with E-state index in [1.54, 1.807) is 0 Å². The minimum Gasteiger partial charge on any atom is -0.346 e. The van der Waals surface area contributed by atoms with Gasteiger partial charge in [0.2, 0.25) is 0 Å². The Balaban J connectivity index is 1.82. The topological polar surface area (TPSA) is 46.0 Å². The van der Waals surface area contributed by atoms with E-state index in [9.17, 15) is 0 Å². The number of H-pyrrole nitrogens is 1. The number of hydrogen-bond donors (Lipinski definition) is 1. The molecule has 0 saturated heterocycles. The molecule has 2 aliphatic carbocycles. The van der Waals surface area contributed by atoms with E-state index in [0.29, 0.717) is 11.1 Å². The molecule has 1 fully saturated rings. The molecule has 3 aliphatic rings. The third-order valence-electron chi connectivity index (χ3n) is 5.91. The van der Waals surface area contributed by atoms with Gasteiger partial charge in [0, 0.05) is 41.0 Å². The molecule has 1 aliphatic heterocycles. The Morgan fingerprint density at radius 3 is 2.82 bits per heavy atom. The molecule has 0 spiro atoms. The predicted octanol–water partition coefficient (Wildman–Crippen LogP) is 4.47. The number of nitrogens with one attached hydrogen (secondary N) is 1. The Kier molecular flexibility index (Phi) is 4.77. The fraction of sp³-hybridized carbons (Fsp3) is 0.364. The molecule has 0 bridgehead atoms. The zero-order valence-corrected chi connectivity index (χ0v) is 17.0. The smallest absolute Gasteiger partial charge is 0.137 e. The van der Waals surface area contributed by atoms with Crippen LogP contribution >= 0.6 is 23.2 Å². The second kappa shape index (κ2) is 7.41. The molecule has 2 aromatic rings. The van der Waals surface area contributed by atoms with Gasteiger partial charge in [-0.2, -0.15) is 0 Å². The number of hydrogen-bond acceptors (Lipinski definition) is 2. The van der Waals surface area contributed by atoms with Crippen LogP contribution in [0.1, 0.15) is 50.1 Å². The summed E-state index contributed by atoms with van der Waals surface area (Å²) >= 11 is 12.8. The molecule has 1 N–H and O–H groups in total. The van der Waals surface area contributed by atoms with Crippen LogP contribution in [-0.2, 0) is 0 Å². The van der Waals surface area contributed by atoms with E-state index >= 15 is 0 Å². The largest absolute Gasteiger partial charge is 0.346 e. The van der Waals surface area contributed by atoms with Crippen molar-refractivity contribution in [3.05, 3.63) is 58.1 Å². The van der Waals surface area contributed by atoms with Gasteiger partial charge in [-0.15, -0.1) is 11.6 Å². The van der Waals surface area contributed by atoms with Gasteiger partial charge in [0.15, 0.2) is 0 Å². The Hall–Kier alpha value is -2.04. The molecule has 0 aromatic carbocycles. The van der Waals surface area contributed by atoms with Crippen molar-refractivity contribution in [2.45, 2.75) is 49.9 Å². The minimum atomic E-state index is -0.283. The van der Waals surface area contributed by atoms with Gasteiger partial charge in [0.1, 0.15) is 5.82 Å². The van der Waals surface area contributed by atoms with E-state index < -0.39 is 0 Å². The molecule has 4 nitrogen and oxygen atoms in total. The summed E-state index contributed by atoms with van der Waals surface area (Å²) in [4.78, 5) is 12.6. The monoisotopic (exact) mass is 412 g/mol. The standard InChI is InChI=1S/C22H22Cl2N4/c23-14-6-7-18(19(24)12-14)20-21(16-8-10-25-22-17(16)9-11-26-22)28(13-27-20)15-4-2-1-3-5-15/h6-7,9-13,15,19,26H,1-5,8H2. The second-order valence-electron chi connectivity index (χ2n) is 7.62. The van der Waals surface area contributed by atoms with Crippen LogP contribution in [0.5, 0.6) is 0 Å². The third kappa shape index (κ3) is 3.09. The number of aromatic nitrogens is 3. The third-order valence-corrected chi connectivity index (χ3v) is 6.53. The first-order chi connectivity index (χ1) is 13.7. The number of imidazole rings is 1. The lowest BCUT2D eigenvalue weighted by molar-refractivity contribution is 0.348. The van der Waals surface area contributed by atoms with Crippen molar-refractivity contribution in [3.63, 3.8) is 0 Å². The molecule has 6 heteroatoms. The fourth-order valence-corrected chi connectivity index (χ4v) is 5.10. The van der Waals surface area contributed by atoms with Gasteiger partial charge in [-0.05, 0) is 36.6 Å². The maximum atomic E-state index is 6.66. The van der Waals surface area contributed by atoms with Crippen LogP contribution in [0.3, 0.4) is 0 Å². The summed E-state index contributed by atoms with van der Waals surface area (Å²) in [5.74, 6) is 0.915. The van der Waals surface area contributed by atoms with E-state index in [2.05, 4.69) is 20.6 Å². The van der Waals surface area contributed by atoms with Crippen molar-refractivity contribution < 1.29 is 0 Å². The van der Waals surface area contributed by atoms with E-state index in [0.717, 1.165) is 28.7 Å². The SMILES string of the molecule is ClC1=CC(Cl)C(=c2ncn(C3CCCCC3)c2=C2CC=Nc3[nH]ccc32)C=C1. The Bertz CT molecular complexity index is 1110. The molecule has 28 heavy (non-hydrogen) atoms. The summed E-state index contributed by atoms with van der Waals surface area (Å²) in [6.45, 7) is 0. The molecule has 5 rings (SSSR count). The summed E-state index contributed by atoms with van der Waals surface area (Å²) in [6, 6.07) is 2.60. The normalized spacial score (nSPS) is 26.4. The number of aromatic amines is 1. The predicted molar refractivity (Wildman–Crippen MR) is 116 cm³/mol. The molecular weight excluding hydrogens is 391 g/mol. The van der Waals surface area contributed by atoms with Crippen LogP contribution in [0, 0.1) is 0 Å². The van der Waals surface area contributed by atoms with Crippen molar-refractivity contribution in [1.29, 1.82) is 0 Å². The Morgan fingerprint density at radius 1 is 1.14 bits per heavy atom. The number of fused-ring (bicyclic) bond motifs is 1. The van der Waals surface area contributed by atoms with Gasteiger partial charge >= 0.3 is 0 Å². The molecule has 1 atom stereocenters. The zero-order valence-electron chi connectivity index (χ0n) is 15.5. The van der Waals surface area contributed by atoms with E-state index in [4.69, 9.17) is 28.2 Å². The molecular formula is C22H22Cl2N4. The second-order valence-corrected chi connectivity index (χ2v) is 8.52. The van der Waals surface area contributed by atoms with Gasteiger partial charge < -0.3 is 9.55 Å². The van der Waals surface area contributed by atoms with Crippen molar-refractivity contribution in [2.24, 2.45) is 4.99 Å². The van der Waals surface area contributed by atoms with Gasteiger partial charge in [0.25, 0.3) is 0 Å². The Labute approximate surface area is 174 Å². The summed E-state index contributed by atoms with van der Waals surface area (Å²) < 4.78 is 2.39. The van der Waals surface area contributed by atoms with Crippen LogP contribution in [0.15, 0.2) is 46.8 Å². The van der Waals surface area contributed by atoms with Crippen LogP contribution in [0.2, 0.25) is 0 Å². The van der Waals surface area contributed by atoms with E-state index in [-0.39, 0.29) is 5.38 Å². The first-order valence-corrected chi connectivity index (χ1v) is 10.7. The summed E-state index contributed by atoms with van der Waals surface area (Å²) in [7, 11) is 0. The van der Waals surface area contributed by atoms with Crippen molar-refractivity contribution in [1.82, 2.24) is 14.5 Å². The average Bonchev–Trinajstić information content (AvgIpc) is 3.35. The van der Waals surface area contributed by atoms with Crippen LogP contribution in [-0.4, -0.2) is 26.1 Å². The molecule has 144 valence electrons. The number of halogens is 2.